The van der Waals surface area contributed by atoms with E-state index >= 15 is 0 Å². The smallest absolute Gasteiger partial charge is 0.152 e. The van der Waals surface area contributed by atoms with Crippen molar-refractivity contribution in [2.75, 3.05) is 14.2 Å². The zero-order chi connectivity index (χ0) is 110. The van der Waals surface area contributed by atoms with Gasteiger partial charge in [-0.1, -0.05) is 367 Å². The lowest BCUT2D eigenvalue weighted by atomic mass is 9.99. The van der Waals surface area contributed by atoms with Crippen LogP contribution >= 0.6 is 0 Å². The van der Waals surface area contributed by atoms with E-state index in [4.69, 9.17) is 9.47 Å². The van der Waals surface area contributed by atoms with Gasteiger partial charge >= 0.3 is 0 Å². The molecule has 1 unspecified atom stereocenters. The number of hydrogen-bond acceptors (Lipinski definition) is 14. The molecule has 0 aliphatic rings. The van der Waals surface area contributed by atoms with Gasteiger partial charge in [-0.3, -0.25) is 34.9 Å². The molecule has 0 fully saturated rings. The lowest BCUT2D eigenvalue weighted by Gasteiger charge is -2.06. The summed E-state index contributed by atoms with van der Waals surface area (Å²) >= 11 is 0. The van der Waals surface area contributed by atoms with E-state index in [2.05, 4.69) is 406 Å². The van der Waals surface area contributed by atoms with Crippen LogP contribution in [0.3, 0.4) is 0 Å². The van der Waals surface area contributed by atoms with E-state index in [0.717, 1.165) is 51.9 Å². The fraction of sp³-hybridized carbons (Fsp3) is 0.333. The highest BCUT2D eigenvalue weighted by atomic mass is 19.1. The number of methoxy groups -OCH3 is 2. The molecule has 0 saturated heterocycles. The Balaban J connectivity index is 0.000000546. The van der Waals surface area contributed by atoms with E-state index in [1.807, 2.05) is 176 Å². The highest BCUT2D eigenvalue weighted by Gasteiger charge is 2.06. The fourth-order valence-corrected chi connectivity index (χ4v) is 11.3. The predicted octanol–water partition coefficient (Wildman–Crippen LogP) is 36.1. The van der Waals surface area contributed by atoms with E-state index < -0.39 is 0 Å². The predicted molar refractivity (Wildman–Crippen MR) is 634 cm³/mol. The van der Waals surface area contributed by atoms with Crippen LogP contribution in [-0.2, 0) is 6.42 Å². The number of nitrogens with zero attached hydrogens (tertiary/aromatic N) is 12. The molecule has 0 amide bonds. The molecular weight excluding hydrogens is 1820 g/mol. The number of hydrogen-bond donors (Lipinski definition) is 0. The number of fused-ring (bicyclic) bond motifs is 1. The quantitative estimate of drug-likeness (QED) is 0.0424. The summed E-state index contributed by atoms with van der Waals surface area (Å²) in [7, 11) is 3.13. The molecule has 786 valence electrons. The number of aryl methyl sites for hydroxylation is 3. The number of pyridine rings is 8. The van der Waals surface area contributed by atoms with Gasteiger partial charge in [0.2, 0.25) is 0 Å². The van der Waals surface area contributed by atoms with Crippen molar-refractivity contribution in [3.63, 3.8) is 0 Å². The van der Waals surface area contributed by atoms with Crippen LogP contribution in [0.25, 0.3) is 71.7 Å². The molecule has 0 radical (unpaired) electrons. The minimum atomic E-state index is -0.360. The normalized spacial score (nSPS) is 11.5. The second kappa shape index (κ2) is 79.9. The van der Waals surface area contributed by atoms with E-state index in [9.17, 15) is 8.78 Å². The molecule has 0 bridgehead atoms. The fourth-order valence-electron chi connectivity index (χ4n) is 11.3. The van der Waals surface area contributed by atoms with E-state index in [1.165, 1.54) is 69.8 Å². The molecule has 13 rings (SSSR count). The Labute approximate surface area is 891 Å². The lowest BCUT2D eigenvalue weighted by Crippen LogP contribution is -1.91. The van der Waals surface area contributed by atoms with Crippen molar-refractivity contribution in [2.45, 2.75) is 206 Å². The van der Waals surface area contributed by atoms with Crippen molar-refractivity contribution in [1.29, 1.82) is 0 Å². The molecule has 148 heavy (non-hydrogen) atoms. The van der Waals surface area contributed by atoms with Crippen LogP contribution < -0.4 is 9.47 Å². The molecule has 10 aromatic heterocycles. The largest absolute Gasteiger partial charge is 0.495 e. The first-order valence-corrected chi connectivity index (χ1v) is 51.8. The molecule has 0 N–H and O–H groups in total. The number of ether oxygens (including phenoxy) is 2. The zero-order valence-corrected chi connectivity index (χ0v) is 94.3. The van der Waals surface area contributed by atoms with Crippen molar-refractivity contribution in [3.8, 4) is 11.5 Å². The number of rotatable bonds is 28. The summed E-state index contributed by atoms with van der Waals surface area (Å²) in [5.41, 5.74) is 15.4. The number of aromatic nitrogens is 12. The van der Waals surface area contributed by atoms with Crippen LogP contribution in [-0.4, -0.2) is 74.3 Å². The summed E-state index contributed by atoms with van der Waals surface area (Å²) in [6.07, 6.45) is 73.8. The summed E-state index contributed by atoms with van der Waals surface area (Å²) < 4.78 is 36.3. The Morgan fingerprint density at radius 2 is 0.689 bits per heavy atom. The minimum Gasteiger partial charge on any atom is -0.495 e. The Hall–Kier alpha value is -14.4. The average Bonchev–Trinajstić information content (AvgIpc) is 0.868. The topological polar surface area (TPSA) is 173 Å². The monoisotopic (exact) mass is 2000 g/mol. The SMILES string of the molecule is CC(C)/C=C/C(C)c1ccccc1.CC(C)/C=C/Cc1ccccc1.CC(C)/C=C/c1ccc2ncccc2c1.CC(C)/C=C/c1cccnc1.CC(C)/C=C/c1cccnn1.CC(C)/C=C/c1ccncc1.CC(C)/C=C/c1ncccn1.COc1ccc(/C=C/C(C)C)nc1.COc1cnc(/C=C/C(C)C)c(F)c1.Cc1ccc(/C=C/C(C)C)nc1.Cc1ccc(/C=C/C(C)C)nc1.Cc1cnc(/C=C/C(C)C)c(F)c1. The lowest BCUT2D eigenvalue weighted by molar-refractivity contribution is 0.408. The van der Waals surface area contributed by atoms with Crippen molar-refractivity contribution in [2.24, 2.45) is 71.0 Å². The van der Waals surface area contributed by atoms with Gasteiger partial charge in [0.15, 0.2) is 11.6 Å². The average molecular weight is 2000 g/mol. The third-order valence-corrected chi connectivity index (χ3v) is 19.5. The van der Waals surface area contributed by atoms with Gasteiger partial charge in [0.05, 0.1) is 66.3 Å². The molecule has 0 saturated carbocycles. The van der Waals surface area contributed by atoms with Gasteiger partial charge in [0, 0.05) is 79.6 Å². The number of allylic oxidation sites excluding steroid dienone is 14. The molecule has 1 atom stereocenters. The van der Waals surface area contributed by atoms with Crippen LogP contribution in [0.4, 0.5) is 8.78 Å². The van der Waals surface area contributed by atoms with Gasteiger partial charge in [0.25, 0.3) is 0 Å². The zero-order valence-electron chi connectivity index (χ0n) is 94.3. The van der Waals surface area contributed by atoms with Crippen LogP contribution in [0.2, 0.25) is 0 Å². The molecule has 0 aliphatic heterocycles. The van der Waals surface area contributed by atoms with Crippen molar-refractivity contribution in [1.82, 2.24) is 60.0 Å². The van der Waals surface area contributed by atoms with E-state index in [0.29, 0.717) is 94.1 Å². The Bertz CT molecular complexity index is 5680. The molecule has 10 heterocycles. The highest BCUT2D eigenvalue weighted by Crippen LogP contribution is 2.21. The van der Waals surface area contributed by atoms with Crippen molar-refractivity contribution >= 4 is 71.7 Å². The van der Waals surface area contributed by atoms with Gasteiger partial charge in [0.1, 0.15) is 17.3 Å². The molecule has 16 heteroatoms. The van der Waals surface area contributed by atoms with Gasteiger partial charge < -0.3 is 9.47 Å². The first kappa shape index (κ1) is 130. The maximum Gasteiger partial charge on any atom is 0.152 e. The molecule has 13 aromatic rings. The van der Waals surface area contributed by atoms with Crippen LogP contribution in [0.15, 0.2) is 348 Å². The Kier molecular flexibility index (Phi) is 70.0. The van der Waals surface area contributed by atoms with E-state index in [-0.39, 0.29) is 11.6 Å². The van der Waals surface area contributed by atoms with Crippen LogP contribution in [0.5, 0.6) is 11.5 Å². The minimum absolute atomic E-state index is 0.253. The maximum absolute atomic E-state index is 13.3. The van der Waals surface area contributed by atoms with Crippen molar-refractivity contribution < 1.29 is 18.3 Å². The molecule has 0 aliphatic carbocycles. The van der Waals surface area contributed by atoms with Crippen LogP contribution in [0, 0.1) is 103 Å². The number of halogens is 2. The summed E-state index contributed by atoms with van der Waals surface area (Å²) in [6, 6.07) is 60.0. The summed E-state index contributed by atoms with van der Waals surface area (Å²) in [5.74, 6) is 8.71. The first-order valence-electron chi connectivity index (χ1n) is 51.8. The second-order valence-corrected chi connectivity index (χ2v) is 39.3. The molecule has 14 nitrogen and oxygen atoms in total. The maximum atomic E-state index is 13.3. The van der Waals surface area contributed by atoms with Crippen LogP contribution in [0.1, 0.15) is 264 Å². The standard InChI is InChI=1S/C14H15N.C13H18.C12H16.C11H14FNO.C11H14FN.C11H15NO.2C11H15N.2C10H13N.2C9H12N2/c1-11(2)5-6-12-7-8-14-13(10-12)4-3-9-15-14;1-11(2)9-10-12(3)13-7-5-4-6-8-13;1-11(2)7-6-10-12-8-4-3-5-9-12;1-8(2)4-5-11-10(12)6-9(14-3)7-13-11;1-8(2)4-5-11-10(12)6-9(3)7-13-11;1-9(2)4-5-10-6-7-11(13-3)8-12-10;2*1-9(2)4-6-11-7-5-10(3)8-12-11;1-9(2)3-4-10-5-7-11-8-6-10;1-9(2)5-6-10-4-3-7-11-8-10;1-8(2)4-5-9-10-6-3-7-11-9;1-8(2)5-6-9-4-3-7-10-11-9/h3-11H,1-2H3;4-12H,1-3H3;3-9,11H,10H2,1-2H3;4-8H,1-3H3;4-8H,1-3H3;4-9H,1-3H3;2*4-9H,1-3H3;2*3-9H,1-2H3;2*3-8H,1-2H3/b6-5+;10-9+;7-6+;3*5-4+;2*6-4+;4-3+;6-5+;5-4+;6-5+. The Morgan fingerprint density at radius 3 is 1.14 bits per heavy atom. The van der Waals surface area contributed by atoms with Gasteiger partial charge in [-0.2, -0.15) is 10.2 Å². The molecule has 3 aromatic carbocycles. The summed E-state index contributed by atoms with van der Waals surface area (Å²) in [6.45, 7) is 59.5. The second-order valence-electron chi connectivity index (χ2n) is 39.3. The third kappa shape index (κ3) is 70.4. The summed E-state index contributed by atoms with van der Waals surface area (Å²) in [4.78, 5) is 41.0. The highest BCUT2D eigenvalue weighted by molar-refractivity contribution is 5.81. The van der Waals surface area contributed by atoms with Gasteiger partial charge in [-0.15, -0.1) is 0 Å². The third-order valence-electron chi connectivity index (χ3n) is 19.5. The Morgan fingerprint density at radius 1 is 0.270 bits per heavy atom. The molecule has 0 spiro atoms. The molecular formula is C132H172F2N12O2. The first-order chi connectivity index (χ1) is 70.7. The van der Waals surface area contributed by atoms with Crippen molar-refractivity contribution in [3.05, 3.63) is 444 Å². The van der Waals surface area contributed by atoms with Gasteiger partial charge in [-0.05, 0) is 276 Å². The number of benzene rings is 3. The summed E-state index contributed by atoms with van der Waals surface area (Å²) in [5, 5.41) is 8.87. The van der Waals surface area contributed by atoms with E-state index in [1.54, 1.807) is 68.8 Å². The van der Waals surface area contributed by atoms with Gasteiger partial charge in [-0.25, -0.2) is 23.7 Å².